The molecule has 3 nitrogen and oxygen atoms in total. The number of ether oxygens (including phenoxy) is 1. The first-order valence-corrected chi connectivity index (χ1v) is 6.39. The molecule has 0 saturated carbocycles. The van der Waals surface area contributed by atoms with Gasteiger partial charge in [-0.25, -0.2) is 9.78 Å². The van der Waals surface area contributed by atoms with E-state index in [2.05, 4.69) is 25.7 Å². The van der Waals surface area contributed by atoms with Crippen molar-refractivity contribution in [1.29, 1.82) is 0 Å². The van der Waals surface area contributed by atoms with Crippen LogP contribution in [-0.4, -0.2) is 17.6 Å². The lowest BCUT2D eigenvalue weighted by atomic mass is 10.3. The lowest BCUT2D eigenvalue weighted by Gasteiger charge is -2.05. The molecule has 0 aliphatic heterocycles. The van der Waals surface area contributed by atoms with Gasteiger partial charge in [0.05, 0.1) is 11.4 Å². The van der Waals surface area contributed by atoms with Crippen molar-refractivity contribution in [3.63, 3.8) is 0 Å². The van der Waals surface area contributed by atoms with Crippen molar-refractivity contribution < 1.29 is 22.7 Å². The molecule has 0 spiro atoms. The predicted molar refractivity (Wildman–Crippen MR) is 60.4 cm³/mol. The van der Waals surface area contributed by atoms with E-state index in [4.69, 9.17) is 0 Å². The van der Waals surface area contributed by atoms with Gasteiger partial charge in [0.2, 0.25) is 0 Å². The number of carbonyl (C=O) groups is 1. The number of hydrogen-bond donors (Lipinski definition) is 0. The van der Waals surface area contributed by atoms with Gasteiger partial charge in [-0.2, -0.15) is 13.2 Å². The molecule has 96 valence electrons. The number of nitrogens with zero attached hydrogens (tertiary/aromatic N) is 1. The van der Waals surface area contributed by atoms with Crippen molar-refractivity contribution in [2.24, 2.45) is 0 Å². The summed E-state index contributed by atoms with van der Waals surface area (Å²) in [5.41, 5.74) is -1.18. The van der Waals surface area contributed by atoms with Crippen LogP contribution in [0, 0.1) is 0 Å². The van der Waals surface area contributed by atoms with Crippen LogP contribution in [0.4, 0.5) is 13.2 Å². The summed E-state index contributed by atoms with van der Waals surface area (Å²) >= 11 is 3.80. The van der Waals surface area contributed by atoms with Gasteiger partial charge in [0.15, 0.2) is 5.69 Å². The van der Waals surface area contributed by atoms with Crippen LogP contribution in [0.15, 0.2) is 0 Å². The second kappa shape index (κ2) is 5.34. The molecule has 0 saturated heterocycles. The normalized spacial score (nSPS) is 13.5. The number of esters is 1. The van der Waals surface area contributed by atoms with Crippen molar-refractivity contribution in [2.45, 2.75) is 24.9 Å². The third-order valence-corrected chi connectivity index (χ3v) is 3.67. The summed E-state index contributed by atoms with van der Waals surface area (Å²) in [6, 6.07) is 0. The summed E-state index contributed by atoms with van der Waals surface area (Å²) < 4.78 is 42.5. The molecular weight excluding hydrogens is 323 g/mol. The van der Waals surface area contributed by atoms with Crippen molar-refractivity contribution in [3.05, 3.63) is 15.6 Å². The summed E-state index contributed by atoms with van der Waals surface area (Å²) in [4.78, 5) is 14.0. The Morgan fingerprint density at radius 3 is 2.59 bits per heavy atom. The van der Waals surface area contributed by atoms with E-state index in [1.54, 1.807) is 6.92 Å². The minimum atomic E-state index is -4.65. The number of hydrogen-bond acceptors (Lipinski definition) is 4. The summed E-state index contributed by atoms with van der Waals surface area (Å²) in [5.74, 6) is -0.989. The minimum Gasteiger partial charge on any atom is -0.462 e. The summed E-state index contributed by atoms with van der Waals surface area (Å²) in [7, 11) is 0. The smallest absolute Gasteiger partial charge is 0.435 e. The lowest BCUT2D eigenvalue weighted by molar-refractivity contribution is -0.141. The lowest BCUT2D eigenvalue weighted by Crippen LogP contribution is -2.13. The first kappa shape index (κ1) is 14.4. The number of thiazole rings is 1. The van der Waals surface area contributed by atoms with Crippen molar-refractivity contribution >= 4 is 33.2 Å². The SMILES string of the molecule is CCOC(=O)c1sc(C(C)Br)nc1C(F)(F)F. The number of alkyl halides is 4. The summed E-state index contributed by atoms with van der Waals surface area (Å²) in [6.07, 6.45) is -4.65. The van der Waals surface area contributed by atoms with Crippen LogP contribution in [0.5, 0.6) is 0 Å². The first-order valence-electron chi connectivity index (χ1n) is 4.66. The quantitative estimate of drug-likeness (QED) is 0.624. The van der Waals surface area contributed by atoms with E-state index in [0.717, 1.165) is 0 Å². The van der Waals surface area contributed by atoms with Gasteiger partial charge in [-0.05, 0) is 13.8 Å². The number of aromatic nitrogens is 1. The van der Waals surface area contributed by atoms with Crippen LogP contribution in [0.2, 0.25) is 0 Å². The molecule has 0 fully saturated rings. The highest BCUT2D eigenvalue weighted by Crippen LogP contribution is 2.37. The van der Waals surface area contributed by atoms with Crippen LogP contribution in [-0.2, 0) is 10.9 Å². The van der Waals surface area contributed by atoms with E-state index >= 15 is 0 Å². The molecule has 0 amide bonds. The van der Waals surface area contributed by atoms with Crippen LogP contribution in [0.1, 0.15) is 39.0 Å². The second-order valence-electron chi connectivity index (χ2n) is 3.06. The Bertz CT molecular complexity index is 417. The summed E-state index contributed by atoms with van der Waals surface area (Å²) in [6.45, 7) is 3.18. The highest BCUT2D eigenvalue weighted by atomic mass is 79.9. The minimum absolute atomic E-state index is 0.0211. The van der Waals surface area contributed by atoms with Gasteiger partial charge >= 0.3 is 12.1 Å². The van der Waals surface area contributed by atoms with Gasteiger partial charge in [-0.1, -0.05) is 15.9 Å². The Kier molecular flexibility index (Phi) is 4.54. The first-order chi connectivity index (χ1) is 7.77. The van der Waals surface area contributed by atoms with E-state index in [1.807, 2.05) is 0 Å². The molecule has 0 aromatic carbocycles. The fourth-order valence-electron chi connectivity index (χ4n) is 1.03. The Morgan fingerprint density at radius 1 is 1.59 bits per heavy atom. The Morgan fingerprint density at radius 2 is 2.18 bits per heavy atom. The molecule has 1 aromatic rings. The van der Waals surface area contributed by atoms with Crippen LogP contribution in [0.25, 0.3) is 0 Å². The van der Waals surface area contributed by atoms with Gasteiger partial charge in [0.25, 0.3) is 0 Å². The Balaban J connectivity index is 3.22. The fourth-order valence-corrected chi connectivity index (χ4v) is 2.33. The molecule has 1 heterocycles. The molecule has 0 aliphatic carbocycles. The van der Waals surface area contributed by atoms with Gasteiger partial charge in [-0.3, -0.25) is 0 Å². The van der Waals surface area contributed by atoms with E-state index in [0.29, 0.717) is 11.3 Å². The van der Waals surface area contributed by atoms with Crippen LogP contribution < -0.4 is 0 Å². The second-order valence-corrected chi connectivity index (χ2v) is 5.47. The Labute approximate surface area is 108 Å². The monoisotopic (exact) mass is 331 g/mol. The Hall–Kier alpha value is -0.630. The zero-order valence-corrected chi connectivity index (χ0v) is 11.4. The molecule has 1 atom stereocenters. The van der Waals surface area contributed by atoms with E-state index in [1.165, 1.54) is 6.92 Å². The molecule has 0 radical (unpaired) electrons. The molecule has 1 unspecified atom stereocenters. The average molecular weight is 332 g/mol. The molecule has 0 N–H and O–H groups in total. The third kappa shape index (κ3) is 3.41. The van der Waals surface area contributed by atoms with Crippen LogP contribution >= 0.6 is 27.3 Å². The standard InChI is InChI=1S/C9H9BrF3NO2S/c1-3-16-8(15)5-6(9(11,12)13)14-7(17-5)4(2)10/h4H,3H2,1-2H3. The van der Waals surface area contributed by atoms with E-state index in [-0.39, 0.29) is 16.4 Å². The molecule has 17 heavy (non-hydrogen) atoms. The summed E-state index contributed by atoms with van der Waals surface area (Å²) in [5, 5.41) is 0.195. The molecule has 1 rings (SSSR count). The maximum Gasteiger partial charge on any atom is 0.435 e. The number of carbonyl (C=O) groups excluding carboxylic acids is 1. The van der Waals surface area contributed by atoms with Gasteiger partial charge in [0, 0.05) is 0 Å². The van der Waals surface area contributed by atoms with Gasteiger partial charge in [0.1, 0.15) is 9.88 Å². The molecule has 8 heteroatoms. The predicted octanol–water partition coefficient (Wildman–Crippen LogP) is 3.79. The maximum atomic E-state index is 12.6. The zero-order valence-electron chi connectivity index (χ0n) is 8.97. The highest BCUT2D eigenvalue weighted by Gasteiger charge is 2.40. The van der Waals surface area contributed by atoms with Gasteiger partial charge in [-0.15, -0.1) is 11.3 Å². The maximum absolute atomic E-state index is 12.6. The highest BCUT2D eigenvalue weighted by molar-refractivity contribution is 9.09. The molecule has 1 aromatic heterocycles. The largest absolute Gasteiger partial charge is 0.462 e. The van der Waals surface area contributed by atoms with E-state index < -0.39 is 22.7 Å². The van der Waals surface area contributed by atoms with Crippen LogP contribution in [0.3, 0.4) is 0 Å². The average Bonchev–Trinajstić information content (AvgIpc) is 2.61. The van der Waals surface area contributed by atoms with E-state index in [9.17, 15) is 18.0 Å². The third-order valence-electron chi connectivity index (χ3n) is 1.71. The molecule has 0 aliphatic rings. The number of rotatable bonds is 3. The van der Waals surface area contributed by atoms with Crippen molar-refractivity contribution in [2.75, 3.05) is 6.61 Å². The van der Waals surface area contributed by atoms with Crippen molar-refractivity contribution in [1.82, 2.24) is 4.98 Å². The van der Waals surface area contributed by atoms with Crippen molar-refractivity contribution in [3.8, 4) is 0 Å². The number of halogens is 4. The topological polar surface area (TPSA) is 39.2 Å². The van der Waals surface area contributed by atoms with Gasteiger partial charge < -0.3 is 4.74 Å². The zero-order chi connectivity index (χ0) is 13.2. The fraction of sp³-hybridized carbons (Fsp3) is 0.556. The molecule has 0 bridgehead atoms. The molecular formula is C9H9BrF3NO2S.